The number of carboxylic acids is 1. The van der Waals surface area contributed by atoms with E-state index in [1.165, 1.54) is 154 Å². The van der Waals surface area contributed by atoms with Crippen molar-refractivity contribution >= 4 is 23.9 Å². The predicted octanol–water partition coefficient (Wildman–Crippen LogP) is 19.5. The first-order chi connectivity index (χ1) is 41.6. The SMILES string of the molecule is CC/C=C\C/C=C\C/C=C\CCCCCCCCCC(=O)OC1C(OCC(COC(=O)CCCCCCCCCCC/C=C\C/C=C\CCCCC)OC(=O)CCCCCCCCCCCCCCCCCCCCC)OC(C(=O)O)C(O)C1O. The zero-order chi connectivity index (χ0) is 61.7. The number of aliphatic hydroxyl groups excluding tert-OH is 2. The van der Waals surface area contributed by atoms with Crippen molar-refractivity contribution in [3.63, 3.8) is 0 Å². The molecule has 1 fully saturated rings. The van der Waals surface area contributed by atoms with Crippen LogP contribution in [0.2, 0.25) is 0 Å². The molecule has 0 aliphatic carbocycles. The Morgan fingerprint density at radius 2 is 0.741 bits per heavy atom. The van der Waals surface area contributed by atoms with E-state index in [2.05, 4.69) is 81.5 Å². The van der Waals surface area contributed by atoms with Crippen LogP contribution in [0.15, 0.2) is 60.8 Å². The molecule has 6 atom stereocenters. The van der Waals surface area contributed by atoms with Crippen molar-refractivity contribution in [3.8, 4) is 0 Å². The summed E-state index contributed by atoms with van der Waals surface area (Å²) in [6.07, 6.45) is 64.6. The number of rotatable bonds is 61. The molecule has 1 heterocycles. The number of carboxylic acid groups (broad SMARTS) is 1. The van der Waals surface area contributed by atoms with Gasteiger partial charge in [0.1, 0.15) is 18.8 Å². The fourth-order valence-electron chi connectivity index (χ4n) is 10.7. The van der Waals surface area contributed by atoms with Gasteiger partial charge in [0.15, 0.2) is 24.6 Å². The number of aliphatic carboxylic acids is 1. The Balaban J connectivity index is 2.63. The number of carbonyl (C=O) groups excluding carboxylic acids is 3. The summed E-state index contributed by atoms with van der Waals surface area (Å²) in [6.45, 7) is 5.92. The first-order valence-electron chi connectivity index (χ1n) is 35.3. The number of carbonyl (C=O) groups is 4. The van der Waals surface area contributed by atoms with Crippen LogP contribution in [-0.4, -0.2) is 89.2 Å². The summed E-state index contributed by atoms with van der Waals surface area (Å²) >= 11 is 0. The minimum atomic E-state index is -1.91. The molecule has 0 bridgehead atoms. The summed E-state index contributed by atoms with van der Waals surface area (Å²) in [5.41, 5.74) is 0. The van der Waals surface area contributed by atoms with Crippen molar-refractivity contribution in [1.82, 2.24) is 0 Å². The van der Waals surface area contributed by atoms with Gasteiger partial charge in [-0.25, -0.2) is 4.79 Å². The van der Waals surface area contributed by atoms with Crippen LogP contribution in [0.4, 0.5) is 0 Å². The molecule has 0 spiro atoms. The maximum Gasteiger partial charge on any atom is 0.335 e. The van der Waals surface area contributed by atoms with E-state index in [0.717, 1.165) is 116 Å². The average molecular weight is 1200 g/mol. The Morgan fingerprint density at radius 3 is 1.15 bits per heavy atom. The maximum absolute atomic E-state index is 13.3. The summed E-state index contributed by atoms with van der Waals surface area (Å²) in [4.78, 5) is 51.5. The lowest BCUT2D eigenvalue weighted by Gasteiger charge is -2.40. The quantitative estimate of drug-likeness (QED) is 0.0228. The van der Waals surface area contributed by atoms with Gasteiger partial charge >= 0.3 is 23.9 Å². The predicted molar refractivity (Wildman–Crippen MR) is 349 cm³/mol. The smallest absolute Gasteiger partial charge is 0.335 e. The van der Waals surface area contributed by atoms with Crippen LogP contribution in [-0.2, 0) is 42.9 Å². The van der Waals surface area contributed by atoms with Gasteiger partial charge in [0.05, 0.1) is 6.61 Å². The van der Waals surface area contributed by atoms with Gasteiger partial charge in [-0.15, -0.1) is 0 Å². The minimum Gasteiger partial charge on any atom is -0.479 e. The lowest BCUT2D eigenvalue weighted by Crippen LogP contribution is -2.61. The highest BCUT2D eigenvalue weighted by atomic mass is 16.7. The number of ether oxygens (including phenoxy) is 5. The fraction of sp³-hybridized carbons (Fsp3) is 0.808. The lowest BCUT2D eigenvalue weighted by molar-refractivity contribution is -0.301. The number of unbranched alkanes of at least 4 members (excludes halogenated alkanes) is 37. The van der Waals surface area contributed by atoms with Crippen LogP contribution in [0.3, 0.4) is 0 Å². The molecule has 0 saturated carbocycles. The van der Waals surface area contributed by atoms with Gasteiger partial charge in [0.2, 0.25) is 0 Å². The molecule has 0 aromatic rings. The molecule has 12 nitrogen and oxygen atoms in total. The van der Waals surface area contributed by atoms with Gasteiger partial charge in [-0.1, -0.05) is 287 Å². The van der Waals surface area contributed by atoms with E-state index < -0.39 is 67.3 Å². The maximum atomic E-state index is 13.3. The van der Waals surface area contributed by atoms with Crippen molar-refractivity contribution in [2.75, 3.05) is 13.2 Å². The first kappa shape index (κ1) is 79.4. The third kappa shape index (κ3) is 50.0. The second-order valence-electron chi connectivity index (χ2n) is 24.1. The number of allylic oxidation sites excluding steroid dienone is 10. The summed E-state index contributed by atoms with van der Waals surface area (Å²) in [5.74, 6) is -3.11. The molecular formula is C73H128O12. The highest BCUT2D eigenvalue weighted by Crippen LogP contribution is 2.27. The van der Waals surface area contributed by atoms with E-state index in [-0.39, 0.29) is 25.9 Å². The van der Waals surface area contributed by atoms with E-state index in [4.69, 9.17) is 23.7 Å². The number of hydrogen-bond donors (Lipinski definition) is 3. The average Bonchev–Trinajstić information content (AvgIpc) is 2.83. The standard InChI is InChI=1S/C73H128O12/c1-4-7-10-13-16-19-22-25-28-31-33-36-38-41-44-47-50-53-56-59-65(74)81-62-64(83-66(75)60-57-54-51-48-45-42-40-37-34-32-29-26-23-20-17-14-11-8-5-2)63-82-73-71(69(78)68(77)70(85-73)72(79)80)84-67(76)61-58-55-52-49-46-43-39-35-30-27-24-21-18-15-12-9-6-3/h9,12,16,18-19,21,25,27-28,30,64,68-71,73,77-78H,4-8,10-11,13-15,17,20,22-24,26,29,31-63H2,1-3H3,(H,79,80)/b12-9-,19-16-,21-18-,28-25-,30-27-. The van der Waals surface area contributed by atoms with Crippen molar-refractivity contribution in [2.24, 2.45) is 0 Å². The normalized spacial score (nSPS) is 17.8. The van der Waals surface area contributed by atoms with Gasteiger partial charge in [0, 0.05) is 19.3 Å². The molecule has 0 aromatic heterocycles. The highest BCUT2D eigenvalue weighted by molar-refractivity contribution is 5.74. The summed E-state index contributed by atoms with van der Waals surface area (Å²) in [6, 6.07) is 0. The first-order valence-corrected chi connectivity index (χ1v) is 35.3. The Labute approximate surface area is 519 Å². The van der Waals surface area contributed by atoms with Crippen molar-refractivity contribution in [1.29, 1.82) is 0 Å². The second-order valence-corrected chi connectivity index (χ2v) is 24.1. The molecule has 3 N–H and O–H groups in total. The third-order valence-corrected chi connectivity index (χ3v) is 16.1. The Hall–Kier alpha value is -3.58. The molecule has 1 aliphatic rings. The van der Waals surface area contributed by atoms with E-state index in [1.807, 2.05) is 0 Å². The summed E-state index contributed by atoms with van der Waals surface area (Å²) < 4.78 is 28.6. The Kier molecular flexibility index (Phi) is 56.7. The largest absolute Gasteiger partial charge is 0.479 e. The molecule has 0 amide bonds. The van der Waals surface area contributed by atoms with E-state index in [1.54, 1.807) is 0 Å². The van der Waals surface area contributed by atoms with Gasteiger partial charge in [-0.3, -0.25) is 14.4 Å². The fourth-order valence-corrected chi connectivity index (χ4v) is 10.7. The number of hydrogen-bond acceptors (Lipinski definition) is 11. The minimum absolute atomic E-state index is 0.0500. The van der Waals surface area contributed by atoms with Crippen LogP contribution in [0, 0.1) is 0 Å². The van der Waals surface area contributed by atoms with Crippen LogP contribution < -0.4 is 0 Å². The van der Waals surface area contributed by atoms with E-state index >= 15 is 0 Å². The van der Waals surface area contributed by atoms with Crippen molar-refractivity contribution in [2.45, 2.75) is 366 Å². The topological polar surface area (TPSA) is 175 Å². The second kappa shape index (κ2) is 60.7. The van der Waals surface area contributed by atoms with E-state index in [0.29, 0.717) is 19.3 Å². The number of esters is 3. The summed E-state index contributed by atoms with van der Waals surface area (Å²) in [5, 5.41) is 31.7. The molecular weight excluding hydrogens is 1070 g/mol. The Bertz CT molecular complexity index is 1710. The van der Waals surface area contributed by atoms with Crippen LogP contribution in [0.5, 0.6) is 0 Å². The zero-order valence-corrected chi connectivity index (χ0v) is 54.6. The number of aliphatic hydroxyl groups is 2. The van der Waals surface area contributed by atoms with Crippen molar-refractivity contribution in [3.05, 3.63) is 60.8 Å². The molecule has 0 aromatic carbocycles. The van der Waals surface area contributed by atoms with Crippen LogP contribution in [0.1, 0.15) is 329 Å². The molecule has 0 radical (unpaired) electrons. The highest BCUT2D eigenvalue weighted by Gasteiger charge is 2.50. The molecule has 12 heteroatoms. The van der Waals surface area contributed by atoms with E-state index in [9.17, 15) is 34.5 Å². The zero-order valence-electron chi connectivity index (χ0n) is 54.6. The van der Waals surface area contributed by atoms with Crippen LogP contribution in [0.25, 0.3) is 0 Å². The van der Waals surface area contributed by atoms with Crippen LogP contribution >= 0.6 is 0 Å². The van der Waals surface area contributed by atoms with Gasteiger partial charge in [-0.05, 0) is 83.5 Å². The summed E-state index contributed by atoms with van der Waals surface area (Å²) in [7, 11) is 0. The lowest BCUT2D eigenvalue weighted by atomic mass is 9.98. The third-order valence-electron chi connectivity index (χ3n) is 16.1. The monoisotopic (exact) mass is 1200 g/mol. The molecule has 492 valence electrons. The molecule has 6 unspecified atom stereocenters. The molecule has 1 rings (SSSR count). The molecule has 85 heavy (non-hydrogen) atoms. The Morgan fingerprint density at radius 1 is 0.400 bits per heavy atom. The molecule has 1 aliphatic heterocycles. The van der Waals surface area contributed by atoms with Gasteiger partial charge in [0.25, 0.3) is 0 Å². The van der Waals surface area contributed by atoms with Gasteiger partial charge in [-0.2, -0.15) is 0 Å². The van der Waals surface area contributed by atoms with Crippen molar-refractivity contribution < 1.29 is 58.2 Å². The molecule has 1 saturated heterocycles. The van der Waals surface area contributed by atoms with Gasteiger partial charge < -0.3 is 39.0 Å².